The Labute approximate surface area is 247 Å². The van der Waals surface area contributed by atoms with Crippen molar-refractivity contribution in [3.8, 4) is 5.75 Å². The van der Waals surface area contributed by atoms with E-state index < -0.39 is 42.0 Å². The predicted octanol–water partition coefficient (Wildman–Crippen LogP) is 1.47. The number of nitro groups is 1. The first-order chi connectivity index (χ1) is 20.0. The van der Waals surface area contributed by atoms with Gasteiger partial charge < -0.3 is 32.2 Å². The van der Waals surface area contributed by atoms with Crippen molar-refractivity contribution in [2.75, 3.05) is 6.54 Å². The summed E-state index contributed by atoms with van der Waals surface area (Å²) in [4.78, 5) is 61.8. The van der Waals surface area contributed by atoms with Gasteiger partial charge in [0.2, 0.25) is 23.8 Å². The third-order valence-corrected chi connectivity index (χ3v) is 7.38. The van der Waals surface area contributed by atoms with E-state index in [1.165, 1.54) is 6.92 Å². The van der Waals surface area contributed by atoms with Crippen molar-refractivity contribution in [2.45, 2.75) is 115 Å². The predicted molar refractivity (Wildman–Crippen MR) is 157 cm³/mol. The van der Waals surface area contributed by atoms with Crippen LogP contribution in [0, 0.1) is 10.1 Å². The van der Waals surface area contributed by atoms with Gasteiger partial charge in [-0.25, -0.2) is 0 Å². The maximum Gasteiger partial charge on any atom is 0.308 e. The summed E-state index contributed by atoms with van der Waals surface area (Å²) in [6.07, 6.45) is 5.54. The molecule has 1 saturated carbocycles. The van der Waals surface area contributed by atoms with Crippen LogP contribution in [-0.2, 0) is 25.6 Å². The van der Waals surface area contributed by atoms with Gasteiger partial charge in [-0.3, -0.25) is 29.3 Å². The molecule has 1 aliphatic rings. The summed E-state index contributed by atoms with van der Waals surface area (Å²) < 4.78 is 5.07. The van der Waals surface area contributed by atoms with Gasteiger partial charge in [0, 0.05) is 37.2 Å². The third kappa shape index (κ3) is 12.1. The molecule has 3 atom stereocenters. The minimum Gasteiger partial charge on any atom is -0.427 e. The Kier molecular flexibility index (Phi) is 14.9. The second-order valence-corrected chi connectivity index (χ2v) is 10.9. The molecule has 13 nitrogen and oxygen atoms in total. The molecule has 0 unspecified atom stereocenters. The molecule has 0 bridgehead atoms. The smallest absolute Gasteiger partial charge is 0.308 e. The zero-order chi connectivity index (χ0) is 31.1. The van der Waals surface area contributed by atoms with E-state index in [1.54, 1.807) is 24.3 Å². The highest BCUT2D eigenvalue weighted by atomic mass is 16.6. The monoisotopic (exact) mass is 590 g/mol. The lowest BCUT2D eigenvalue weighted by molar-refractivity contribution is -0.526. The summed E-state index contributed by atoms with van der Waals surface area (Å²) in [6, 6.07) is 3.06. The Morgan fingerprint density at radius 2 is 1.60 bits per heavy atom. The molecule has 1 aliphatic carbocycles. The topological polar surface area (TPSA) is 209 Å². The SMILES string of the molecule is CCCC[C@@H](N)C(=O)N[C@@H](Cc1ccc(OC(C)=O)cc1)C(=O)N[C@@H](CCCCN)C(=O)NC1CCC([N+](=O)[O-])CC1. The van der Waals surface area contributed by atoms with Gasteiger partial charge in [0.25, 0.3) is 0 Å². The lowest BCUT2D eigenvalue weighted by Gasteiger charge is -2.28. The minimum atomic E-state index is -1.02. The zero-order valence-corrected chi connectivity index (χ0v) is 24.6. The molecule has 0 aliphatic heterocycles. The highest BCUT2D eigenvalue weighted by Crippen LogP contribution is 2.21. The van der Waals surface area contributed by atoms with Crippen molar-refractivity contribution in [1.29, 1.82) is 0 Å². The molecule has 0 saturated heterocycles. The first-order valence-electron chi connectivity index (χ1n) is 14.8. The Bertz CT molecular complexity index is 1040. The van der Waals surface area contributed by atoms with E-state index in [0.29, 0.717) is 69.2 Å². The average Bonchev–Trinajstić information content (AvgIpc) is 2.95. The van der Waals surface area contributed by atoms with Crippen LogP contribution in [0.1, 0.15) is 83.6 Å². The van der Waals surface area contributed by atoms with Crippen molar-refractivity contribution in [2.24, 2.45) is 11.5 Å². The number of nitrogens with two attached hydrogens (primary N) is 2. The number of ether oxygens (including phenoxy) is 1. The number of hydrogen-bond acceptors (Lipinski definition) is 9. The Morgan fingerprint density at radius 3 is 2.17 bits per heavy atom. The Balaban J connectivity index is 2.17. The van der Waals surface area contributed by atoms with Crippen molar-refractivity contribution < 1.29 is 28.8 Å². The highest BCUT2D eigenvalue weighted by molar-refractivity contribution is 5.93. The molecule has 1 aromatic rings. The number of carbonyl (C=O) groups excluding carboxylic acids is 4. The van der Waals surface area contributed by atoms with E-state index >= 15 is 0 Å². The Morgan fingerprint density at radius 1 is 0.952 bits per heavy atom. The number of benzene rings is 1. The number of amides is 3. The van der Waals surface area contributed by atoms with Crippen LogP contribution in [0.2, 0.25) is 0 Å². The number of nitrogens with zero attached hydrogens (tertiary/aromatic N) is 1. The largest absolute Gasteiger partial charge is 0.427 e. The molecule has 1 fully saturated rings. The lowest BCUT2D eigenvalue weighted by Crippen LogP contribution is -2.57. The van der Waals surface area contributed by atoms with Gasteiger partial charge in [0.05, 0.1) is 6.04 Å². The molecular weight excluding hydrogens is 544 g/mol. The number of carbonyl (C=O) groups is 4. The van der Waals surface area contributed by atoms with Crippen LogP contribution in [0.5, 0.6) is 5.75 Å². The van der Waals surface area contributed by atoms with Gasteiger partial charge in [-0.15, -0.1) is 0 Å². The molecule has 0 spiro atoms. The van der Waals surface area contributed by atoms with Crippen LogP contribution < -0.4 is 32.2 Å². The molecule has 42 heavy (non-hydrogen) atoms. The van der Waals surface area contributed by atoms with Crippen LogP contribution in [0.15, 0.2) is 24.3 Å². The molecule has 2 rings (SSSR count). The first-order valence-corrected chi connectivity index (χ1v) is 14.8. The fourth-order valence-corrected chi connectivity index (χ4v) is 4.91. The summed E-state index contributed by atoms with van der Waals surface area (Å²) in [7, 11) is 0. The van der Waals surface area contributed by atoms with E-state index in [0.717, 1.165) is 12.8 Å². The van der Waals surface area contributed by atoms with Crippen LogP contribution >= 0.6 is 0 Å². The van der Waals surface area contributed by atoms with Gasteiger partial charge >= 0.3 is 5.97 Å². The maximum atomic E-state index is 13.6. The van der Waals surface area contributed by atoms with Crippen LogP contribution in [-0.4, -0.2) is 65.4 Å². The van der Waals surface area contributed by atoms with Gasteiger partial charge in [-0.2, -0.15) is 0 Å². The fourth-order valence-electron chi connectivity index (χ4n) is 4.91. The number of rotatable bonds is 17. The van der Waals surface area contributed by atoms with E-state index in [4.69, 9.17) is 16.2 Å². The normalized spacial score (nSPS) is 18.7. The van der Waals surface area contributed by atoms with Gasteiger partial charge in [-0.05, 0) is 62.8 Å². The van der Waals surface area contributed by atoms with E-state index in [2.05, 4.69) is 16.0 Å². The summed E-state index contributed by atoms with van der Waals surface area (Å²) in [5, 5.41) is 19.6. The fraction of sp³-hybridized carbons (Fsp3) is 0.655. The molecule has 1 aromatic carbocycles. The number of unbranched alkanes of at least 4 members (excludes halogenated alkanes) is 2. The average molecular weight is 591 g/mol. The van der Waals surface area contributed by atoms with Crippen LogP contribution in [0.25, 0.3) is 0 Å². The highest BCUT2D eigenvalue weighted by Gasteiger charge is 2.32. The first kappa shape index (κ1) is 34.6. The van der Waals surface area contributed by atoms with Crippen molar-refractivity contribution in [1.82, 2.24) is 16.0 Å². The second kappa shape index (κ2) is 18.1. The van der Waals surface area contributed by atoms with Crippen molar-refractivity contribution in [3.63, 3.8) is 0 Å². The second-order valence-electron chi connectivity index (χ2n) is 10.9. The van der Waals surface area contributed by atoms with Crippen LogP contribution in [0.4, 0.5) is 0 Å². The molecule has 0 radical (unpaired) electrons. The third-order valence-electron chi connectivity index (χ3n) is 7.38. The summed E-state index contributed by atoms with van der Waals surface area (Å²) in [6.45, 7) is 3.72. The van der Waals surface area contributed by atoms with E-state index in [1.807, 2.05) is 6.92 Å². The maximum absolute atomic E-state index is 13.6. The standard InChI is InChI=1S/C29H46N6O7/c1-3-4-7-24(31)27(37)34-26(18-20-9-15-23(16-10-20)42-19(2)36)29(39)33-25(8-5-6-17-30)28(38)32-21-11-13-22(14-12-21)35(40)41/h9-10,15-16,21-22,24-26H,3-8,11-14,17-18,30-31H2,1-2H3,(H,32,38)(H,33,39)(H,34,37)/t21?,22?,24-,25+,26+/m1/s1. The summed E-state index contributed by atoms with van der Waals surface area (Å²) >= 11 is 0. The minimum absolute atomic E-state index is 0.112. The van der Waals surface area contributed by atoms with Crippen LogP contribution in [0.3, 0.4) is 0 Å². The molecule has 0 aromatic heterocycles. The molecule has 13 heteroatoms. The number of nitrogens with one attached hydrogen (secondary N) is 3. The van der Waals surface area contributed by atoms with Gasteiger partial charge in [0.15, 0.2) is 0 Å². The Hall–Kier alpha value is -3.58. The zero-order valence-electron chi connectivity index (χ0n) is 24.6. The van der Waals surface area contributed by atoms with E-state index in [9.17, 15) is 29.3 Å². The number of esters is 1. The van der Waals surface area contributed by atoms with E-state index in [-0.39, 0.29) is 23.3 Å². The van der Waals surface area contributed by atoms with Gasteiger partial charge in [0.1, 0.15) is 17.8 Å². The van der Waals surface area contributed by atoms with Gasteiger partial charge in [-0.1, -0.05) is 31.9 Å². The van der Waals surface area contributed by atoms with Crippen molar-refractivity contribution in [3.05, 3.63) is 39.9 Å². The lowest BCUT2D eigenvalue weighted by atomic mass is 9.91. The quantitative estimate of drug-likeness (QED) is 0.0584. The molecule has 0 heterocycles. The number of hydrogen-bond donors (Lipinski definition) is 5. The molecular formula is C29H46N6O7. The summed E-state index contributed by atoms with van der Waals surface area (Å²) in [5.74, 6) is -1.49. The molecule has 234 valence electrons. The molecule has 3 amide bonds. The summed E-state index contributed by atoms with van der Waals surface area (Å²) in [5.41, 5.74) is 12.4. The van der Waals surface area contributed by atoms with Crippen molar-refractivity contribution >= 4 is 23.7 Å². The molecule has 7 N–H and O–H groups in total.